The van der Waals surface area contributed by atoms with Crippen LogP contribution >= 0.6 is 15.9 Å². The molecule has 0 fully saturated rings. The molecule has 5 heteroatoms. The Morgan fingerprint density at radius 1 is 1.16 bits per heavy atom. The lowest BCUT2D eigenvalue weighted by Crippen LogP contribution is -2.29. The number of halogens is 1. The Morgan fingerprint density at radius 2 is 1.84 bits per heavy atom. The fraction of sp³-hybridized carbons (Fsp3) is 0.286. The van der Waals surface area contributed by atoms with E-state index in [1.807, 2.05) is 37.3 Å². The molecule has 0 aliphatic rings. The van der Waals surface area contributed by atoms with Gasteiger partial charge < -0.3 is 0 Å². The summed E-state index contributed by atoms with van der Waals surface area (Å²) in [4.78, 5) is 0.485. The molecule has 1 atom stereocenters. The minimum absolute atomic E-state index is 0.150. The zero-order chi connectivity index (χ0) is 13.9. The molecule has 3 nitrogen and oxygen atoms in total. The molecule has 0 bridgehead atoms. The second kappa shape index (κ2) is 6.03. The fourth-order valence-corrected chi connectivity index (χ4v) is 3.54. The van der Waals surface area contributed by atoms with Gasteiger partial charge in [0.25, 0.3) is 0 Å². The van der Waals surface area contributed by atoms with Gasteiger partial charge >= 0.3 is 0 Å². The monoisotopic (exact) mass is 341 g/mol. The molecule has 19 heavy (non-hydrogen) atoms. The van der Waals surface area contributed by atoms with Crippen molar-refractivity contribution in [3.8, 4) is 0 Å². The third-order valence-electron chi connectivity index (χ3n) is 2.98. The lowest BCUT2D eigenvalue weighted by Gasteiger charge is -2.11. The first-order valence-electron chi connectivity index (χ1n) is 6.16. The van der Waals surface area contributed by atoms with Crippen molar-refractivity contribution in [2.45, 2.75) is 23.1 Å². The first-order chi connectivity index (χ1) is 9.04. The third-order valence-corrected chi connectivity index (χ3v) is 5.43. The SMILES string of the molecule is CCC(Br)CNS(=O)(=O)c1cccc2ccccc12. The van der Waals surface area contributed by atoms with Gasteiger partial charge in [0.05, 0.1) is 4.90 Å². The van der Waals surface area contributed by atoms with Crippen LogP contribution in [0.2, 0.25) is 0 Å². The summed E-state index contributed by atoms with van der Waals surface area (Å²) in [5.74, 6) is 0. The van der Waals surface area contributed by atoms with E-state index in [-0.39, 0.29) is 4.83 Å². The summed E-state index contributed by atoms with van der Waals surface area (Å²) < 4.78 is 27.3. The minimum Gasteiger partial charge on any atom is -0.210 e. The normalized spacial score (nSPS) is 13.6. The van der Waals surface area contributed by atoms with Crippen LogP contribution in [-0.2, 0) is 10.0 Å². The van der Waals surface area contributed by atoms with Crippen molar-refractivity contribution in [2.75, 3.05) is 6.54 Å². The molecule has 2 aromatic carbocycles. The van der Waals surface area contributed by atoms with Gasteiger partial charge in [0.1, 0.15) is 0 Å². The van der Waals surface area contributed by atoms with Gasteiger partial charge in [-0.05, 0) is 17.9 Å². The van der Waals surface area contributed by atoms with Gasteiger partial charge in [-0.1, -0.05) is 59.3 Å². The van der Waals surface area contributed by atoms with Crippen molar-refractivity contribution < 1.29 is 8.42 Å². The molecule has 0 saturated heterocycles. The summed E-state index contributed by atoms with van der Waals surface area (Å²) in [5.41, 5.74) is 0. The number of fused-ring (bicyclic) bond motifs is 1. The van der Waals surface area contributed by atoms with Crippen molar-refractivity contribution in [2.24, 2.45) is 0 Å². The molecule has 2 rings (SSSR count). The van der Waals surface area contributed by atoms with E-state index >= 15 is 0 Å². The molecule has 0 saturated carbocycles. The van der Waals surface area contributed by atoms with E-state index in [1.54, 1.807) is 12.1 Å². The lowest BCUT2D eigenvalue weighted by atomic mass is 10.1. The molecule has 0 aromatic heterocycles. The molecule has 0 aliphatic carbocycles. The maximum Gasteiger partial charge on any atom is 0.241 e. The van der Waals surface area contributed by atoms with Crippen molar-refractivity contribution in [3.05, 3.63) is 42.5 Å². The van der Waals surface area contributed by atoms with Crippen LogP contribution in [0.5, 0.6) is 0 Å². The Morgan fingerprint density at radius 3 is 2.58 bits per heavy atom. The number of nitrogens with one attached hydrogen (secondary N) is 1. The van der Waals surface area contributed by atoms with E-state index in [2.05, 4.69) is 20.7 Å². The molecule has 0 heterocycles. The van der Waals surface area contributed by atoms with Gasteiger partial charge in [-0.2, -0.15) is 0 Å². The molecule has 0 aliphatic heterocycles. The van der Waals surface area contributed by atoms with Crippen molar-refractivity contribution in [3.63, 3.8) is 0 Å². The summed E-state index contributed by atoms with van der Waals surface area (Å²) >= 11 is 3.42. The second-order valence-corrected chi connectivity index (χ2v) is 7.37. The summed E-state index contributed by atoms with van der Waals surface area (Å²) in [6.45, 7) is 2.40. The molecule has 0 amide bonds. The summed E-state index contributed by atoms with van der Waals surface area (Å²) in [7, 11) is -3.47. The minimum atomic E-state index is -3.47. The molecule has 0 radical (unpaired) electrons. The molecular weight excluding hydrogens is 326 g/mol. The van der Waals surface area contributed by atoms with Gasteiger partial charge in [-0.25, -0.2) is 13.1 Å². The van der Waals surface area contributed by atoms with Crippen LogP contribution < -0.4 is 4.72 Å². The lowest BCUT2D eigenvalue weighted by molar-refractivity contribution is 0.581. The molecule has 0 spiro atoms. The topological polar surface area (TPSA) is 46.2 Å². The van der Waals surface area contributed by atoms with Gasteiger partial charge in [-0.15, -0.1) is 0 Å². The van der Waals surface area contributed by atoms with E-state index < -0.39 is 10.0 Å². The zero-order valence-corrected chi connectivity index (χ0v) is 13.0. The first kappa shape index (κ1) is 14.5. The van der Waals surface area contributed by atoms with Gasteiger partial charge in [0, 0.05) is 16.8 Å². The van der Waals surface area contributed by atoms with Crippen molar-refractivity contribution >= 4 is 36.7 Å². The number of hydrogen-bond acceptors (Lipinski definition) is 2. The maximum absolute atomic E-state index is 12.3. The van der Waals surface area contributed by atoms with E-state index in [9.17, 15) is 8.42 Å². The maximum atomic E-state index is 12.3. The Labute approximate surface area is 122 Å². The highest BCUT2D eigenvalue weighted by molar-refractivity contribution is 9.09. The predicted octanol–water partition coefficient (Wildman–Crippen LogP) is 3.29. The smallest absolute Gasteiger partial charge is 0.210 e. The molecule has 102 valence electrons. The summed E-state index contributed by atoms with van der Waals surface area (Å²) in [5, 5.41) is 1.68. The second-order valence-electron chi connectivity index (χ2n) is 4.33. The molecule has 1 N–H and O–H groups in total. The first-order valence-corrected chi connectivity index (χ1v) is 8.56. The van der Waals surface area contributed by atoms with Crippen molar-refractivity contribution in [1.29, 1.82) is 0 Å². The Kier molecular flexibility index (Phi) is 4.60. The average Bonchev–Trinajstić information content (AvgIpc) is 2.44. The van der Waals surface area contributed by atoms with Crippen LogP contribution in [0.3, 0.4) is 0 Å². The van der Waals surface area contributed by atoms with Gasteiger partial charge in [0.2, 0.25) is 10.0 Å². The number of alkyl halides is 1. The van der Waals surface area contributed by atoms with Gasteiger partial charge in [-0.3, -0.25) is 0 Å². The molecular formula is C14H16BrNO2S. The summed E-state index contributed by atoms with van der Waals surface area (Å²) in [6.07, 6.45) is 0.873. The van der Waals surface area contributed by atoms with Crippen LogP contribution in [-0.4, -0.2) is 19.8 Å². The number of sulfonamides is 1. The third kappa shape index (κ3) is 3.35. The molecule has 1 unspecified atom stereocenters. The Hall–Kier alpha value is -0.910. The summed E-state index contributed by atoms with van der Waals surface area (Å²) in [6, 6.07) is 12.8. The Bertz CT molecular complexity index is 665. The number of rotatable bonds is 5. The van der Waals surface area contributed by atoms with E-state index in [0.29, 0.717) is 11.4 Å². The highest BCUT2D eigenvalue weighted by Gasteiger charge is 2.17. The van der Waals surface area contributed by atoms with E-state index in [4.69, 9.17) is 0 Å². The highest BCUT2D eigenvalue weighted by atomic mass is 79.9. The van der Waals surface area contributed by atoms with Crippen LogP contribution in [0.15, 0.2) is 47.4 Å². The van der Waals surface area contributed by atoms with Crippen molar-refractivity contribution in [1.82, 2.24) is 4.72 Å². The van der Waals surface area contributed by atoms with Crippen LogP contribution in [0.25, 0.3) is 10.8 Å². The zero-order valence-electron chi connectivity index (χ0n) is 10.6. The predicted molar refractivity (Wildman–Crippen MR) is 82.1 cm³/mol. The molecule has 2 aromatic rings. The standard InChI is InChI=1S/C14H16BrNO2S/c1-2-12(15)10-16-19(17,18)14-9-5-7-11-6-3-4-8-13(11)14/h3-9,12,16H,2,10H2,1H3. The van der Waals surface area contributed by atoms with E-state index in [0.717, 1.165) is 17.2 Å². The quantitative estimate of drug-likeness (QED) is 0.848. The van der Waals surface area contributed by atoms with Crippen LogP contribution in [0, 0.1) is 0 Å². The number of benzene rings is 2. The fourth-order valence-electron chi connectivity index (χ4n) is 1.85. The highest BCUT2D eigenvalue weighted by Crippen LogP contribution is 2.22. The van der Waals surface area contributed by atoms with Crippen LogP contribution in [0.1, 0.15) is 13.3 Å². The van der Waals surface area contributed by atoms with Gasteiger partial charge in [0.15, 0.2) is 0 Å². The Balaban J connectivity index is 2.38. The van der Waals surface area contributed by atoms with E-state index in [1.165, 1.54) is 0 Å². The number of hydrogen-bond donors (Lipinski definition) is 1. The van der Waals surface area contributed by atoms with Crippen LogP contribution in [0.4, 0.5) is 0 Å². The average molecular weight is 342 g/mol. The largest absolute Gasteiger partial charge is 0.241 e.